The van der Waals surface area contributed by atoms with E-state index in [2.05, 4.69) is 10.6 Å². The quantitative estimate of drug-likeness (QED) is 0.724. The smallest absolute Gasteiger partial charge is 0.319 e. The summed E-state index contributed by atoms with van der Waals surface area (Å²) in [5.41, 5.74) is 1.70. The van der Waals surface area contributed by atoms with Crippen molar-refractivity contribution in [2.45, 2.75) is 40.2 Å². The monoisotopic (exact) mass is 294 g/mol. The van der Waals surface area contributed by atoms with Crippen LogP contribution < -0.4 is 15.4 Å². The van der Waals surface area contributed by atoms with E-state index in [-0.39, 0.29) is 11.9 Å². The van der Waals surface area contributed by atoms with Crippen molar-refractivity contribution in [2.24, 2.45) is 5.92 Å². The number of anilines is 1. The number of hydrogen-bond acceptors (Lipinski definition) is 3. The van der Waals surface area contributed by atoms with Gasteiger partial charge in [0, 0.05) is 12.2 Å². The molecule has 0 bridgehead atoms. The van der Waals surface area contributed by atoms with Gasteiger partial charge in [-0.05, 0) is 49.9 Å². The number of benzene rings is 1. The van der Waals surface area contributed by atoms with Crippen LogP contribution in [0.25, 0.3) is 0 Å². The summed E-state index contributed by atoms with van der Waals surface area (Å²) in [5.74, 6) is 1.02. The standard InChI is InChI=1S/C16H26N2O3/c1-5-21-15-7-6-13(10-12(15)4)18-16(20)17-9-8-14(19)11(2)3/h6-7,10-11,14,19H,5,8-9H2,1-4H3,(H2,17,18,20). The van der Waals surface area contributed by atoms with Gasteiger partial charge >= 0.3 is 6.03 Å². The topological polar surface area (TPSA) is 70.6 Å². The van der Waals surface area contributed by atoms with Crippen molar-refractivity contribution in [3.8, 4) is 5.75 Å². The zero-order valence-electron chi connectivity index (χ0n) is 13.3. The first-order valence-corrected chi connectivity index (χ1v) is 7.40. The van der Waals surface area contributed by atoms with Crippen LogP contribution in [0.4, 0.5) is 10.5 Å². The van der Waals surface area contributed by atoms with Crippen molar-refractivity contribution >= 4 is 11.7 Å². The molecule has 0 saturated carbocycles. The van der Waals surface area contributed by atoms with Crippen LogP contribution in [0.2, 0.25) is 0 Å². The number of ether oxygens (including phenoxy) is 1. The second-order valence-corrected chi connectivity index (χ2v) is 5.39. The summed E-state index contributed by atoms with van der Waals surface area (Å²) in [6.07, 6.45) is 0.158. The Morgan fingerprint density at radius 3 is 2.67 bits per heavy atom. The SMILES string of the molecule is CCOc1ccc(NC(=O)NCCC(O)C(C)C)cc1C. The minimum absolute atomic E-state index is 0.198. The minimum Gasteiger partial charge on any atom is -0.494 e. The summed E-state index contributed by atoms with van der Waals surface area (Å²) < 4.78 is 5.45. The molecule has 3 N–H and O–H groups in total. The van der Waals surface area contributed by atoms with Gasteiger partial charge in [0.25, 0.3) is 0 Å². The molecular formula is C16H26N2O3. The predicted octanol–water partition coefficient (Wildman–Crippen LogP) is 2.92. The molecule has 118 valence electrons. The van der Waals surface area contributed by atoms with Gasteiger partial charge in [-0.1, -0.05) is 13.8 Å². The van der Waals surface area contributed by atoms with Gasteiger partial charge in [0.2, 0.25) is 0 Å². The van der Waals surface area contributed by atoms with Crippen LogP contribution in [-0.2, 0) is 0 Å². The van der Waals surface area contributed by atoms with E-state index in [1.165, 1.54) is 0 Å². The van der Waals surface area contributed by atoms with Crippen LogP contribution in [0.15, 0.2) is 18.2 Å². The lowest BCUT2D eigenvalue weighted by Crippen LogP contribution is -2.32. The highest BCUT2D eigenvalue weighted by Gasteiger charge is 2.09. The third-order valence-electron chi connectivity index (χ3n) is 3.23. The molecule has 1 rings (SSSR count). The van der Waals surface area contributed by atoms with E-state index >= 15 is 0 Å². The largest absolute Gasteiger partial charge is 0.494 e. The van der Waals surface area contributed by atoms with Crippen LogP contribution in [0.3, 0.4) is 0 Å². The zero-order valence-corrected chi connectivity index (χ0v) is 13.3. The number of carbonyl (C=O) groups excluding carboxylic acids is 1. The summed E-state index contributed by atoms with van der Waals surface area (Å²) in [7, 11) is 0. The predicted molar refractivity (Wildman–Crippen MR) is 84.8 cm³/mol. The van der Waals surface area contributed by atoms with Gasteiger partial charge in [-0.25, -0.2) is 4.79 Å². The highest BCUT2D eigenvalue weighted by atomic mass is 16.5. The maximum Gasteiger partial charge on any atom is 0.319 e. The van der Waals surface area contributed by atoms with Gasteiger partial charge in [0.05, 0.1) is 12.7 Å². The van der Waals surface area contributed by atoms with Crippen molar-refractivity contribution in [1.82, 2.24) is 5.32 Å². The molecule has 1 atom stereocenters. The molecule has 0 saturated heterocycles. The van der Waals surface area contributed by atoms with Gasteiger partial charge in [0.1, 0.15) is 5.75 Å². The Kier molecular flexibility index (Phi) is 7.02. The van der Waals surface area contributed by atoms with Gasteiger partial charge in [-0.2, -0.15) is 0 Å². The maximum atomic E-state index is 11.8. The van der Waals surface area contributed by atoms with Gasteiger partial charge in [-0.15, -0.1) is 0 Å². The highest BCUT2D eigenvalue weighted by Crippen LogP contribution is 2.21. The summed E-state index contributed by atoms with van der Waals surface area (Å²) >= 11 is 0. The Hall–Kier alpha value is -1.75. The third-order valence-corrected chi connectivity index (χ3v) is 3.23. The Labute approximate surface area is 126 Å². The van der Waals surface area contributed by atoms with Crippen LogP contribution in [0.1, 0.15) is 32.8 Å². The van der Waals surface area contributed by atoms with Crippen molar-refractivity contribution in [2.75, 3.05) is 18.5 Å². The van der Waals surface area contributed by atoms with E-state index in [4.69, 9.17) is 4.74 Å². The molecule has 0 aliphatic heterocycles. The number of urea groups is 1. The van der Waals surface area contributed by atoms with Crippen molar-refractivity contribution in [3.05, 3.63) is 23.8 Å². The first-order valence-electron chi connectivity index (χ1n) is 7.40. The molecule has 0 spiro atoms. The number of aryl methyl sites for hydroxylation is 1. The molecule has 0 radical (unpaired) electrons. The third kappa shape index (κ3) is 6.04. The molecule has 0 aromatic heterocycles. The number of nitrogens with one attached hydrogen (secondary N) is 2. The fourth-order valence-electron chi connectivity index (χ4n) is 1.89. The normalized spacial score (nSPS) is 12.1. The number of aliphatic hydroxyl groups is 1. The molecule has 1 unspecified atom stereocenters. The van der Waals surface area contributed by atoms with E-state index in [0.717, 1.165) is 17.0 Å². The first-order chi connectivity index (χ1) is 9.93. The molecule has 21 heavy (non-hydrogen) atoms. The molecule has 1 aromatic carbocycles. The zero-order chi connectivity index (χ0) is 15.8. The number of carbonyl (C=O) groups is 1. The fraction of sp³-hybridized carbons (Fsp3) is 0.562. The average molecular weight is 294 g/mol. The Morgan fingerprint density at radius 1 is 1.38 bits per heavy atom. The van der Waals surface area contributed by atoms with Crippen LogP contribution >= 0.6 is 0 Å². The van der Waals surface area contributed by atoms with E-state index in [9.17, 15) is 9.90 Å². The Morgan fingerprint density at radius 2 is 2.10 bits per heavy atom. The summed E-state index contributed by atoms with van der Waals surface area (Å²) in [4.78, 5) is 11.8. The van der Waals surface area contributed by atoms with E-state index in [0.29, 0.717) is 19.6 Å². The molecule has 5 heteroatoms. The molecule has 0 aliphatic rings. The number of hydrogen-bond donors (Lipinski definition) is 3. The van der Waals surface area contributed by atoms with Gasteiger partial charge in [-0.3, -0.25) is 0 Å². The molecular weight excluding hydrogens is 268 g/mol. The van der Waals surface area contributed by atoms with Crippen molar-refractivity contribution in [3.63, 3.8) is 0 Å². The van der Waals surface area contributed by atoms with Crippen LogP contribution in [0.5, 0.6) is 5.75 Å². The molecule has 0 aliphatic carbocycles. The van der Waals surface area contributed by atoms with Crippen molar-refractivity contribution in [1.29, 1.82) is 0 Å². The van der Waals surface area contributed by atoms with Gasteiger partial charge < -0.3 is 20.5 Å². The first kappa shape index (κ1) is 17.3. The molecule has 2 amide bonds. The fourth-order valence-corrected chi connectivity index (χ4v) is 1.89. The second-order valence-electron chi connectivity index (χ2n) is 5.39. The summed E-state index contributed by atoms with van der Waals surface area (Å²) in [6, 6.07) is 5.25. The Balaban J connectivity index is 2.42. The van der Waals surface area contributed by atoms with Crippen molar-refractivity contribution < 1.29 is 14.6 Å². The maximum absolute atomic E-state index is 11.8. The number of amides is 2. The van der Waals surface area contributed by atoms with Gasteiger partial charge in [0.15, 0.2) is 0 Å². The molecule has 5 nitrogen and oxygen atoms in total. The van der Waals surface area contributed by atoms with Crippen LogP contribution in [0, 0.1) is 12.8 Å². The van der Waals surface area contributed by atoms with E-state index < -0.39 is 6.10 Å². The summed E-state index contributed by atoms with van der Waals surface area (Å²) in [5, 5.41) is 15.2. The lowest BCUT2D eigenvalue weighted by atomic mass is 10.0. The minimum atomic E-state index is -0.391. The Bertz CT molecular complexity index is 461. The average Bonchev–Trinajstić information content (AvgIpc) is 2.41. The number of aliphatic hydroxyl groups excluding tert-OH is 1. The lowest BCUT2D eigenvalue weighted by Gasteiger charge is -2.15. The van der Waals surface area contributed by atoms with E-state index in [1.54, 1.807) is 6.07 Å². The lowest BCUT2D eigenvalue weighted by molar-refractivity contribution is 0.117. The highest BCUT2D eigenvalue weighted by molar-refractivity contribution is 5.89. The molecule has 0 heterocycles. The molecule has 1 aromatic rings. The van der Waals surface area contributed by atoms with E-state index in [1.807, 2.05) is 39.8 Å². The second kappa shape index (κ2) is 8.52. The molecule has 0 fully saturated rings. The summed E-state index contributed by atoms with van der Waals surface area (Å²) in [6.45, 7) is 8.84. The number of rotatable bonds is 7. The van der Waals surface area contributed by atoms with Crippen LogP contribution in [-0.4, -0.2) is 30.4 Å².